The molecular weight excluding hydrogens is 601 g/mol. The van der Waals surface area contributed by atoms with Crippen LogP contribution in [-0.4, -0.2) is 15.0 Å². The molecule has 4 aromatic heterocycles. The first kappa shape index (κ1) is 28.3. The lowest BCUT2D eigenvalue weighted by Gasteiger charge is -2.11. The first-order valence-corrected chi connectivity index (χ1v) is 16.1. The summed E-state index contributed by atoms with van der Waals surface area (Å²) in [5, 5.41) is 13.7. The summed E-state index contributed by atoms with van der Waals surface area (Å²) in [5.74, 6) is 0. The molecule has 0 atom stereocenters. The van der Waals surface area contributed by atoms with Crippen molar-refractivity contribution in [1.82, 2.24) is 15.0 Å². The summed E-state index contributed by atoms with van der Waals surface area (Å²) >= 11 is 0. The molecule has 0 bridgehead atoms. The average molecular weight is 627 g/mol. The van der Waals surface area contributed by atoms with Crippen LogP contribution in [0.4, 0.5) is 0 Å². The van der Waals surface area contributed by atoms with Gasteiger partial charge in [0.25, 0.3) is 0 Å². The van der Waals surface area contributed by atoms with Crippen LogP contribution in [0.15, 0.2) is 162 Å². The van der Waals surface area contributed by atoms with E-state index in [-0.39, 0.29) is 0 Å². The molecule has 5 heteroatoms. The Morgan fingerprint density at radius 2 is 1.08 bits per heavy atom. The highest BCUT2D eigenvalue weighted by Crippen LogP contribution is 2.43. The summed E-state index contributed by atoms with van der Waals surface area (Å²) in [6, 6.07) is 51.4. The van der Waals surface area contributed by atoms with Crippen LogP contribution < -0.4 is 0 Å². The van der Waals surface area contributed by atoms with E-state index in [1.165, 1.54) is 0 Å². The number of hydrogen-bond acceptors (Lipinski definition) is 5. The van der Waals surface area contributed by atoms with E-state index in [1.54, 1.807) is 12.4 Å². The zero-order valence-corrected chi connectivity index (χ0v) is 26.2. The zero-order chi connectivity index (χ0) is 32.7. The molecule has 9 rings (SSSR count). The van der Waals surface area contributed by atoms with Crippen LogP contribution in [-0.2, 0) is 0 Å². The molecule has 0 unspecified atom stereocenters. The maximum Gasteiger partial charge on any atom is 0.143 e. The second kappa shape index (κ2) is 11.7. The normalized spacial score (nSPS) is 11.2. The maximum atomic E-state index is 9.37. The number of pyridine rings is 3. The lowest BCUT2D eigenvalue weighted by Crippen LogP contribution is -1.94. The molecule has 0 aliphatic heterocycles. The van der Waals surface area contributed by atoms with Gasteiger partial charge in [-0.3, -0.25) is 9.97 Å². The van der Waals surface area contributed by atoms with E-state index in [0.717, 1.165) is 88.9 Å². The Labute approximate surface area is 282 Å². The van der Waals surface area contributed by atoms with E-state index in [4.69, 9.17) is 9.40 Å². The zero-order valence-electron chi connectivity index (χ0n) is 26.2. The van der Waals surface area contributed by atoms with E-state index in [9.17, 15) is 5.26 Å². The highest BCUT2D eigenvalue weighted by atomic mass is 16.3. The van der Waals surface area contributed by atoms with E-state index in [1.807, 2.05) is 66.7 Å². The number of nitriles is 1. The lowest BCUT2D eigenvalue weighted by atomic mass is 9.92. The molecule has 0 saturated carbocycles. The molecule has 228 valence electrons. The van der Waals surface area contributed by atoms with Gasteiger partial charge in [0, 0.05) is 28.6 Å². The van der Waals surface area contributed by atoms with Crippen molar-refractivity contribution in [2.45, 2.75) is 0 Å². The highest BCUT2D eigenvalue weighted by Gasteiger charge is 2.18. The fourth-order valence-corrected chi connectivity index (χ4v) is 6.68. The van der Waals surface area contributed by atoms with Crippen molar-refractivity contribution in [2.75, 3.05) is 0 Å². The average Bonchev–Trinajstić information content (AvgIpc) is 3.57. The summed E-state index contributed by atoms with van der Waals surface area (Å²) in [6.07, 6.45) is 3.57. The van der Waals surface area contributed by atoms with Gasteiger partial charge in [-0.15, -0.1) is 0 Å². The van der Waals surface area contributed by atoms with Crippen molar-refractivity contribution >= 4 is 32.7 Å². The Morgan fingerprint density at radius 3 is 1.73 bits per heavy atom. The standard InChI is InChI=1S/C44H26N4O/c45-27-28-14-16-31(17-15-28)36-26-37-43-33(10-7-13-42(43)49-44(37)35-9-2-1-8-34(35)36)30-20-18-29(19-21-30)32-24-40(38-11-3-5-22-46-38)48-41(25-32)39-12-4-6-23-47-39/h1-26H. The predicted octanol–water partition coefficient (Wildman–Crippen LogP) is 11.1. The van der Waals surface area contributed by atoms with Crippen LogP contribution in [0.1, 0.15) is 5.56 Å². The number of fused-ring (bicyclic) bond motifs is 5. The summed E-state index contributed by atoms with van der Waals surface area (Å²) in [7, 11) is 0. The van der Waals surface area contributed by atoms with Gasteiger partial charge in [-0.25, -0.2) is 4.98 Å². The topological polar surface area (TPSA) is 75.6 Å². The molecule has 9 aromatic rings. The molecule has 4 heterocycles. The van der Waals surface area contributed by atoms with Gasteiger partial charge in [0.1, 0.15) is 11.2 Å². The quantitative estimate of drug-likeness (QED) is 0.190. The molecule has 0 amide bonds. The highest BCUT2D eigenvalue weighted by molar-refractivity contribution is 6.22. The molecule has 0 radical (unpaired) electrons. The molecule has 49 heavy (non-hydrogen) atoms. The molecule has 0 fully saturated rings. The molecule has 0 aliphatic carbocycles. The third-order valence-corrected chi connectivity index (χ3v) is 9.04. The molecule has 5 aromatic carbocycles. The number of nitrogens with zero attached hydrogens (tertiary/aromatic N) is 4. The van der Waals surface area contributed by atoms with E-state index >= 15 is 0 Å². The molecular formula is C44H26N4O. The van der Waals surface area contributed by atoms with Crippen LogP contribution in [0.25, 0.3) is 88.9 Å². The van der Waals surface area contributed by atoms with Gasteiger partial charge in [-0.1, -0.05) is 84.9 Å². The van der Waals surface area contributed by atoms with Crippen LogP contribution in [0.2, 0.25) is 0 Å². The fourth-order valence-electron chi connectivity index (χ4n) is 6.68. The number of furan rings is 1. The Bertz CT molecular complexity index is 2630. The minimum absolute atomic E-state index is 0.640. The van der Waals surface area contributed by atoms with Gasteiger partial charge in [-0.2, -0.15) is 5.26 Å². The summed E-state index contributed by atoms with van der Waals surface area (Å²) in [6.45, 7) is 0. The van der Waals surface area contributed by atoms with Gasteiger partial charge in [0.05, 0.1) is 34.4 Å². The number of rotatable bonds is 5. The van der Waals surface area contributed by atoms with Gasteiger partial charge in [-0.05, 0) is 99.4 Å². The second-order valence-corrected chi connectivity index (χ2v) is 11.9. The van der Waals surface area contributed by atoms with Gasteiger partial charge in [0.15, 0.2) is 0 Å². The maximum absolute atomic E-state index is 9.37. The minimum Gasteiger partial charge on any atom is -0.455 e. The van der Waals surface area contributed by atoms with Crippen LogP contribution in [0.5, 0.6) is 0 Å². The van der Waals surface area contributed by atoms with Gasteiger partial charge < -0.3 is 4.42 Å². The SMILES string of the molecule is N#Cc1ccc(-c2cc3c(oc4cccc(-c5ccc(-c6cc(-c7ccccn7)nc(-c7ccccn7)c6)cc5)c43)c3ccccc23)cc1. The monoisotopic (exact) mass is 626 g/mol. The Balaban J connectivity index is 1.19. The van der Waals surface area contributed by atoms with Crippen molar-refractivity contribution in [1.29, 1.82) is 5.26 Å². The lowest BCUT2D eigenvalue weighted by molar-refractivity contribution is 0.673. The summed E-state index contributed by atoms with van der Waals surface area (Å²) < 4.78 is 6.60. The third kappa shape index (κ3) is 5.00. The van der Waals surface area contributed by atoms with Crippen LogP contribution in [0, 0.1) is 11.3 Å². The van der Waals surface area contributed by atoms with E-state index in [0.29, 0.717) is 5.56 Å². The number of aromatic nitrogens is 3. The molecule has 0 aliphatic rings. The van der Waals surface area contributed by atoms with E-state index < -0.39 is 0 Å². The minimum atomic E-state index is 0.640. The Morgan fingerprint density at radius 1 is 0.469 bits per heavy atom. The van der Waals surface area contributed by atoms with Crippen molar-refractivity contribution in [2.24, 2.45) is 0 Å². The number of hydrogen-bond donors (Lipinski definition) is 0. The predicted molar refractivity (Wildman–Crippen MR) is 197 cm³/mol. The van der Waals surface area contributed by atoms with Crippen LogP contribution in [0.3, 0.4) is 0 Å². The Hall–Kier alpha value is -6.90. The van der Waals surface area contributed by atoms with Gasteiger partial charge in [0.2, 0.25) is 0 Å². The van der Waals surface area contributed by atoms with Crippen molar-refractivity contribution in [3.63, 3.8) is 0 Å². The fraction of sp³-hybridized carbons (Fsp3) is 0. The number of benzene rings is 5. The van der Waals surface area contributed by atoms with Gasteiger partial charge >= 0.3 is 0 Å². The molecule has 0 N–H and O–H groups in total. The molecule has 0 saturated heterocycles. The largest absolute Gasteiger partial charge is 0.455 e. The van der Waals surface area contributed by atoms with Crippen molar-refractivity contribution in [3.05, 3.63) is 164 Å². The molecule has 0 spiro atoms. The second-order valence-electron chi connectivity index (χ2n) is 11.9. The summed E-state index contributed by atoms with van der Waals surface area (Å²) in [5.41, 5.74) is 12.0. The van der Waals surface area contributed by atoms with Crippen LogP contribution >= 0.6 is 0 Å². The smallest absolute Gasteiger partial charge is 0.143 e. The van der Waals surface area contributed by atoms with Crippen molar-refractivity contribution < 1.29 is 4.42 Å². The first-order chi connectivity index (χ1) is 24.2. The third-order valence-electron chi connectivity index (χ3n) is 9.04. The molecule has 5 nitrogen and oxygen atoms in total. The van der Waals surface area contributed by atoms with Crippen molar-refractivity contribution in [3.8, 4) is 62.2 Å². The first-order valence-electron chi connectivity index (χ1n) is 16.1. The summed E-state index contributed by atoms with van der Waals surface area (Å²) in [4.78, 5) is 14.1. The van der Waals surface area contributed by atoms with E-state index in [2.05, 4.69) is 94.9 Å². The Kier molecular flexibility index (Phi) is 6.78.